The molecule has 2 aromatic carbocycles. The van der Waals surface area contributed by atoms with Crippen LogP contribution < -0.4 is 14.5 Å². The quantitative estimate of drug-likeness (QED) is 0.648. The molecule has 158 valence electrons. The number of halogens is 2. The first-order chi connectivity index (χ1) is 13.6. The summed E-state index contributed by atoms with van der Waals surface area (Å²) in [5.41, 5.74) is 1.15. The van der Waals surface area contributed by atoms with Crippen LogP contribution in [-0.2, 0) is 14.8 Å². The molecule has 0 radical (unpaired) electrons. The Hall–Kier alpha value is -2.32. The van der Waals surface area contributed by atoms with Gasteiger partial charge in [0.15, 0.2) is 0 Å². The van der Waals surface area contributed by atoms with E-state index in [-0.39, 0.29) is 17.1 Å². The van der Waals surface area contributed by atoms with Crippen LogP contribution in [0, 0.1) is 5.82 Å². The first-order valence-electron chi connectivity index (χ1n) is 9.13. The van der Waals surface area contributed by atoms with Crippen LogP contribution in [0.3, 0.4) is 0 Å². The molecule has 1 amide bonds. The highest BCUT2D eigenvalue weighted by Gasteiger charge is 2.31. The number of hydrogen-bond acceptors (Lipinski definition) is 4. The number of anilines is 2. The summed E-state index contributed by atoms with van der Waals surface area (Å²) in [6, 6.07) is 12.3. The molecule has 0 aliphatic rings. The molecule has 6 nitrogen and oxygen atoms in total. The van der Waals surface area contributed by atoms with Gasteiger partial charge in [-0.15, -0.1) is 0 Å². The van der Waals surface area contributed by atoms with Crippen LogP contribution in [0.2, 0.25) is 5.02 Å². The molecule has 1 N–H and O–H groups in total. The Morgan fingerprint density at radius 2 is 1.83 bits per heavy atom. The largest absolute Gasteiger partial charge is 0.373 e. The number of carbonyl (C=O) groups excluding carboxylic acids is 1. The lowest BCUT2D eigenvalue weighted by Crippen LogP contribution is -2.50. The van der Waals surface area contributed by atoms with Crippen molar-refractivity contribution in [2.45, 2.75) is 19.4 Å². The summed E-state index contributed by atoms with van der Waals surface area (Å²) in [5, 5.41) is 2.58. The van der Waals surface area contributed by atoms with Gasteiger partial charge in [0.1, 0.15) is 11.9 Å². The molecule has 29 heavy (non-hydrogen) atoms. The predicted molar refractivity (Wildman–Crippen MR) is 116 cm³/mol. The van der Waals surface area contributed by atoms with Gasteiger partial charge in [-0.1, -0.05) is 36.7 Å². The van der Waals surface area contributed by atoms with Crippen LogP contribution in [0.4, 0.5) is 15.8 Å². The third-order valence-corrected chi connectivity index (χ3v) is 5.90. The molecule has 1 atom stereocenters. The minimum Gasteiger partial charge on any atom is -0.373 e. The summed E-state index contributed by atoms with van der Waals surface area (Å²) in [5.74, 6) is -1.09. The first-order valence-corrected chi connectivity index (χ1v) is 11.4. The highest BCUT2D eigenvalue weighted by molar-refractivity contribution is 7.92. The van der Waals surface area contributed by atoms with E-state index in [1.807, 2.05) is 42.3 Å². The van der Waals surface area contributed by atoms with E-state index in [0.29, 0.717) is 13.1 Å². The lowest BCUT2D eigenvalue weighted by Gasteiger charge is -2.30. The fourth-order valence-corrected chi connectivity index (χ4v) is 4.34. The Morgan fingerprint density at radius 3 is 2.38 bits per heavy atom. The number of amides is 1. The van der Waals surface area contributed by atoms with Crippen molar-refractivity contribution in [3.8, 4) is 0 Å². The van der Waals surface area contributed by atoms with Crippen molar-refractivity contribution in [3.05, 3.63) is 59.4 Å². The molecule has 0 aliphatic heterocycles. The number of nitrogens with zero attached hydrogens (tertiary/aromatic N) is 2. The average molecular weight is 442 g/mol. The molecule has 0 heterocycles. The van der Waals surface area contributed by atoms with Gasteiger partial charge in [-0.3, -0.25) is 9.10 Å². The number of hydrogen-bond donors (Lipinski definition) is 1. The van der Waals surface area contributed by atoms with Gasteiger partial charge in [-0.05, 0) is 36.8 Å². The molecule has 0 bridgehead atoms. The Morgan fingerprint density at radius 1 is 1.17 bits per heavy atom. The van der Waals surface area contributed by atoms with E-state index in [4.69, 9.17) is 11.6 Å². The standard InChI is InChI=1S/C20H25ClFN3O3S/c1-4-19(20(26)23-12-13-24(2)15-8-6-5-7-9-15)25(29(3,27)28)16-10-11-18(22)17(21)14-16/h5-11,14,19H,4,12-13H2,1-3H3,(H,23,26). The van der Waals surface area contributed by atoms with E-state index in [1.165, 1.54) is 12.1 Å². The molecule has 0 saturated carbocycles. The van der Waals surface area contributed by atoms with Crippen LogP contribution in [0.5, 0.6) is 0 Å². The van der Waals surface area contributed by atoms with Crippen molar-refractivity contribution >= 4 is 38.9 Å². The van der Waals surface area contributed by atoms with Crippen LogP contribution >= 0.6 is 11.6 Å². The molecule has 1 unspecified atom stereocenters. The number of sulfonamides is 1. The van der Waals surface area contributed by atoms with Crippen molar-refractivity contribution in [1.82, 2.24) is 5.32 Å². The van der Waals surface area contributed by atoms with E-state index in [1.54, 1.807) is 6.92 Å². The van der Waals surface area contributed by atoms with Gasteiger partial charge in [0, 0.05) is 25.8 Å². The van der Waals surface area contributed by atoms with E-state index >= 15 is 0 Å². The van der Waals surface area contributed by atoms with Gasteiger partial charge in [-0.2, -0.15) is 0 Å². The zero-order valence-corrected chi connectivity index (χ0v) is 18.2. The summed E-state index contributed by atoms with van der Waals surface area (Å²) >= 11 is 5.81. The van der Waals surface area contributed by atoms with Gasteiger partial charge in [0.2, 0.25) is 15.9 Å². The van der Waals surface area contributed by atoms with Gasteiger partial charge in [-0.25, -0.2) is 12.8 Å². The normalized spacial score (nSPS) is 12.3. The van der Waals surface area contributed by atoms with Crippen molar-refractivity contribution in [1.29, 1.82) is 0 Å². The van der Waals surface area contributed by atoms with E-state index < -0.39 is 27.8 Å². The number of benzene rings is 2. The topological polar surface area (TPSA) is 69.7 Å². The Bertz CT molecular complexity index is 941. The molecule has 2 rings (SSSR count). The van der Waals surface area contributed by atoms with Crippen LogP contribution in [-0.4, -0.2) is 46.8 Å². The highest BCUT2D eigenvalue weighted by atomic mass is 35.5. The minimum atomic E-state index is -3.81. The van der Waals surface area contributed by atoms with Gasteiger partial charge in [0.05, 0.1) is 17.0 Å². The second kappa shape index (κ2) is 9.93. The second-order valence-corrected chi connectivity index (χ2v) is 8.90. The molecule has 0 spiro atoms. The average Bonchev–Trinajstić information content (AvgIpc) is 2.67. The van der Waals surface area contributed by atoms with E-state index in [2.05, 4.69) is 5.32 Å². The first kappa shape index (κ1) is 23.0. The molecule has 2 aromatic rings. The fourth-order valence-electron chi connectivity index (χ4n) is 2.96. The second-order valence-electron chi connectivity index (χ2n) is 6.63. The third kappa shape index (κ3) is 6.08. The Labute approximate surface area is 176 Å². The van der Waals surface area contributed by atoms with E-state index in [0.717, 1.165) is 22.3 Å². The SMILES string of the molecule is CCC(C(=O)NCCN(C)c1ccccc1)N(c1ccc(F)c(Cl)c1)S(C)(=O)=O. The zero-order valence-electron chi connectivity index (χ0n) is 16.6. The summed E-state index contributed by atoms with van der Waals surface area (Å²) in [7, 11) is -1.90. The van der Waals surface area contributed by atoms with Crippen molar-refractivity contribution < 1.29 is 17.6 Å². The third-order valence-electron chi connectivity index (χ3n) is 4.43. The molecular weight excluding hydrogens is 417 g/mol. The number of rotatable bonds is 9. The Balaban J connectivity index is 2.13. The zero-order chi connectivity index (χ0) is 21.6. The van der Waals surface area contributed by atoms with Crippen molar-refractivity contribution in [2.24, 2.45) is 0 Å². The monoisotopic (exact) mass is 441 g/mol. The minimum absolute atomic E-state index is 0.141. The maximum atomic E-state index is 13.5. The summed E-state index contributed by atoms with van der Waals surface area (Å²) < 4.78 is 39.3. The maximum Gasteiger partial charge on any atom is 0.243 e. The van der Waals surface area contributed by atoms with E-state index in [9.17, 15) is 17.6 Å². The molecule has 0 saturated heterocycles. The fraction of sp³-hybridized carbons (Fsp3) is 0.350. The molecule has 0 fully saturated rings. The molecule has 9 heteroatoms. The number of nitrogens with one attached hydrogen (secondary N) is 1. The van der Waals surface area contributed by atoms with Gasteiger partial charge in [0.25, 0.3) is 0 Å². The molecule has 0 aromatic heterocycles. The summed E-state index contributed by atoms with van der Waals surface area (Å²) in [6.45, 7) is 2.60. The number of para-hydroxylation sites is 1. The van der Waals surface area contributed by atoms with Crippen LogP contribution in [0.1, 0.15) is 13.3 Å². The maximum absolute atomic E-state index is 13.5. The van der Waals surface area contributed by atoms with Crippen LogP contribution in [0.15, 0.2) is 48.5 Å². The highest BCUT2D eigenvalue weighted by Crippen LogP contribution is 2.27. The van der Waals surface area contributed by atoms with Crippen molar-refractivity contribution in [2.75, 3.05) is 35.6 Å². The van der Waals surface area contributed by atoms with Gasteiger partial charge >= 0.3 is 0 Å². The molecule has 0 aliphatic carbocycles. The summed E-state index contributed by atoms with van der Waals surface area (Å²) in [6.07, 6.45) is 1.24. The lowest BCUT2D eigenvalue weighted by molar-refractivity contribution is -0.122. The summed E-state index contributed by atoms with van der Waals surface area (Å²) in [4.78, 5) is 14.7. The number of likely N-dealkylation sites (N-methyl/N-ethyl adjacent to an activating group) is 1. The van der Waals surface area contributed by atoms with Crippen molar-refractivity contribution in [3.63, 3.8) is 0 Å². The lowest BCUT2D eigenvalue weighted by atomic mass is 10.2. The predicted octanol–water partition coefficient (Wildman–Crippen LogP) is 3.28. The number of carbonyl (C=O) groups is 1. The smallest absolute Gasteiger partial charge is 0.243 e. The van der Waals surface area contributed by atoms with Gasteiger partial charge < -0.3 is 10.2 Å². The van der Waals surface area contributed by atoms with Crippen LogP contribution in [0.25, 0.3) is 0 Å². The molecular formula is C20H25ClFN3O3S. The Kier molecular flexibility index (Phi) is 7.87.